The zero-order chi connectivity index (χ0) is 32.7. The summed E-state index contributed by atoms with van der Waals surface area (Å²) in [6, 6.07) is 19.2. The Morgan fingerprint density at radius 3 is 2.31 bits per heavy atom. The highest BCUT2D eigenvalue weighted by Gasteiger charge is 2.45. The number of carboxylic acids is 1. The molecule has 10 nitrogen and oxygen atoms in total. The van der Waals surface area contributed by atoms with Gasteiger partial charge < -0.3 is 25.4 Å². The van der Waals surface area contributed by atoms with Crippen LogP contribution < -0.4 is 24.8 Å². The third-order valence-corrected chi connectivity index (χ3v) is 8.67. The molecule has 2 unspecified atom stereocenters. The van der Waals surface area contributed by atoms with E-state index >= 15 is 0 Å². The van der Waals surface area contributed by atoms with Crippen molar-refractivity contribution >= 4 is 40.9 Å². The average molecular weight is 616 g/mol. The smallest absolute Gasteiger partial charge is 0.338 e. The second-order valence-electron chi connectivity index (χ2n) is 12.0. The fourth-order valence-electron chi connectivity index (χ4n) is 5.97. The molecule has 1 aliphatic carbocycles. The van der Waals surface area contributed by atoms with E-state index in [1.807, 2.05) is 57.3 Å². The monoisotopic (exact) mass is 615 g/mol. The predicted octanol–water partition coefficient (Wildman–Crippen LogP) is 5.76. The highest BCUT2D eigenvalue weighted by atomic mass is 16.5. The minimum absolute atomic E-state index is 0.0186. The van der Waals surface area contributed by atoms with Crippen molar-refractivity contribution in [1.29, 1.82) is 0 Å². The number of urea groups is 1. The van der Waals surface area contributed by atoms with Crippen molar-refractivity contribution in [2.75, 3.05) is 37.5 Å². The molecule has 0 aromatic heterocycles. The topological polar surface area (TPSA) is 125 Å². The molecule has 0 radical (unpaired) electrons. The summed E-state index contributed by atoms with van der Waals surface area (Å²) in [5.41, 5.74) is 4.51. The van der Waals surface area contributed by atoms with Crippen LogP contribution in [0.4, 0.5) is 21.9 Å². The first-order valence-electron chi connectivity index (χ1n) is 15.2. The van der Waals surface area contributed by atoms with Crippen LogP contribution in [0, 0.1) is 13.8 Å². The minimum Gasteiger partial charge on any atom is -0.481 e. The standard InChI is InChI=1S/C35H42N4O6/c1-23-17-24(2)19-28(18-23)38(4)32(40)22-45-31-16-9-8-15-30(31)39(5,29-13-6-7-14-29)33(41)21-36-35(44)37-27-12-10-11-26(20-27)25(3)34(42)43/h8-12,15-20,25,29H,6-7,13-14,21-22H2,1-5H3,(H2-,36,37,42,43,44)/p+1. The van der Waals surface area contributed by atoms with E-state index in [1.54, 1.807) is 49.2 Å². The molecule has 3 aromatic rings. The number of carboxylic acid groups (broad SMARTS) is 1. The summed E-state index contributed by atoms with van der Waals surface area (Å²) in [7, 11) is 3.56. The molecule has 0 saturated heterocycles. The van der Waals surface area contributed by atoms with E-state index in [9.17, 15) is 24.3 Å². The maximum absolute atomic E-state index is 14.0. The van der Waals surface area contributed by atoms with Crippen LogP contribution in [0.3, 0.4) is 0 Å². The molecule has 45 heavy (non-hydrogen) atoms. The van der Waals surface area contributed by atoms with Gasteiger partial charge in [0.05, 0.1) is 13.0 Å². The quantitative estimate of drug-likeness (QED) is 0.236. The zero-order valence-electron chi connectivity index (χ0n) is 26.6. The van der Waals surface area contributed by atoms with Crippen molar-refractivity contribution in [2.24, 2.45) is 0 Å². The number of carbonyl (C=O) groups excluding carboxylic acids is 3. The number of amides is 4. The average Bonchev–Trinajstić information content (AvgIpc) is 3.57. The summed E-state index contributed by atoms with van der Waals surface area (Å²) in [4.78, 5) is 52.9. The van der Waals surface area contributed by atoms with Crippen LogP contribution >= 0.6 is 0 Å². The van der Waals surface area contributed by atoms with Crippen LogP contribution in [0.15, 0.2) is 66.7 Å². The second kappa shape index (κ2) is 14.4. The minimum atomic E-state index is -0.965. The van der Waals surface area contributed by atoms with Crippen LogP contribution in [-0.2, 0) is 14.4 Å². The van der Waals surface area contributed by atoms with Gasteiger partial charge in [-0.15, -0.1) is 0 Å². The molecule has 0 heterocycles. The van der Waals surface area contributed by atoms with E-state index in [1.165, 1.54) is 0 Å². The van der Waals surface area contributed by atoms with Crippen LogP contribution in [-0.4, -0.2) is 62.2 Å². The number of aliphatic carboxylic acids is 1. The Balaban J connectivity index is 1.49. The molecule has 0 aliphatic heterocycles. The summed E-state index contributed by atoms with van der Waals surface area (Å²) in [6.45, 7) is 5.09. The molecule has 3 N–H and O–H groups in total. The zero-order valence-corrected chi connectivity index (χ0v) is 26.6. The van der Waals surface area contributed by atoms with Crippen molar-refractivity contribution in [3.8, 4) is 5.75 Å². The fourth-order valence-corrected chi connectivity index (χ4v) is 5.97. The molecule has 0 spiro atoms. The number of rotatable bonds is 11. The van der Waals surface area contributed by atoms with Gasteiger partial charge >= 0.3 is 17.9 Å². The SMILES string of the molecule is Cc1cc(C)cc(N(C)C(=O)COc2ccccc2[N+](C)(C(=O)CNC(=O)Nc2cccc(C(C)C(=O)O)c2)C2CCCC2)c1. The lowest BCUT2D eigenvalue weighted by Crippen LogP contribution is -2.60. The maximum Gasteiger partial charge on any atom is 0.338 e. The number of benzene rings is 3. The number of ether oxygens (including phenoxy) is 1. The highest BCUT2D eigenvalue weighted by Crippen LogP contribution is 2.39. The van der Waals surface area contributed by atoms with Gasteiger partial charge in [0.1, 0.15) is 12.6 Å². The van der Waals surface area contributed by atoms with E-state index in [-0.39, 0.29) is 35.5 Å². The lowest BCUT2D eigenvalue weighted by atomic mass is 10.0. The number of anilines is 2. The van der Waals surface area contributed by atoms with E-state index in [4.69, 9.17) is 4.74 Å². The Labute approximate surface area is 264 Å². The summed E-state index contributed by atoms with van der Waals surface area (Å²) >= 11 is 0. The number of para-hydroxylation sites is 2. The number of aryl methyl sites for hydroxylation is 2. The number of hydrogen-bond acceptors (Lipinski definition) is 5. The molecule has 0 bridgehead atoms. The second-order valence-corrected chi connectivity index (χ2v) is 12.0. The van der Waals surface area contributed by atoms with Crippen molar-refractivity contribution in [2.45, 2.75) is 58.4 Å². The first-order chi connectivity index (χ1) is 21.4. The lowest BCUT2D eigenvalue weighted by Gasteiger charge is -2.37. The number of hydrogen-bond donors (Lipinski definition) is 3. The maximum atomic E-state index is 14.0. The van der Waals surface area contributed by atoms with Gasteiger partial charge in [0.15, 0.2) is 18.0 Å². The van der Waals surface area contributed by atoms with Crippen molar-refractivity contribution in [3.05, 3.63) is 83.4 Å². The molecule has 1 fully saturated rings. The molecule has 238 valence electrons. The molecule has 4 rings (SSSR count). The molecule has 3 aromatic carbocycles. The number of nitrogens with one attached hydrogen (secondary N) is 2. The van der Waals surface area contributed by atoms with E-state index in [0.29, 0.717) is 22.7 Å². The number of quaternary nitrogens is 1. The third-order valence-electron chi connectivity index (χ3n) is 8.67. The Bertz CT molecular complexity index is 1550. The van der Waals surface area contributed by atoms with Gasteiger partial charge in [-0.2, -0.15) is 0 Å². The van der Waals surface area contributed by atoms with E-state index < -0.39 is 17.9 Å². The van der Waals surface area contributed by atoms with Crippen LogP contribution in [0.2, 0.25) is 0 Å². The number of nitrogens with zero attached hydrogens (tertiary/aromatic N) is 2. The van der Waals surface area contributed by atoms with E-state index in [0.717, 1.165) is 42.5 Å². The normalized spacial score (nSPS) is 15.0. The lowest BCUT2D eigenvalue weighted by molar-refractivity contribution is -0.138. The van der Waals surface area contributed by atoms with E-state index in [2.05, 4.69) is 10.6 Å². The first-order valence-corrected chi connectivity index (χ1v) is 15.2. The van der Waals surface area contributed by atoms with Crippen LogP contribution in [0.1, 0.15) is 55.2 Å². The van der Waals surface area contributed by atoms with Crippen molar-refractivity contribution < 1.29 is 29.0 Å². The Hall–Kier alpha value is -4.70. The summed E-state index contributed by atoms with van der Waals surface area (Å²) in [5.74, 6) is -1.70. The molecular weight excluding hydrogens is 572 g/mol. The first kappa shape index (κ1) is 33.2. The summed E-state index contributed by atoms with van der Waals surface area (Å²) in [6.07, 6.45) is 3.66. The van der Waals surface area contributed by atoms with Gasteiger partial charge in [0, 0.05) is 37.3 Å². The third kappa shape index (κ3) is 7.88. The highest BCUT2D eigenvalue weighted by molar-refractivity contribution is 5.97. The van der Waals surface area contributed by atoms with Gasteiger partial charge in [-0.3, -0.25) is 9.59 Å². The Kier molecular flexibility index (Phi) is 10.6. The van der Waals surface area contributed by atoms with Crippen molar-refractivity contribution in [1.82, 2.24) is 9.80 Å². The van der Waals surface area contributed by atoms with Gasteiger partial charge in [0.2, 0.25) is 0 Å². The molecule has 2 atom stereocenters. The number of likely N-dealkylation sites (N-methyl/N-ethyl adjacent to an activating group) is 2. The molecule has 4 amide bonds. The molecule has 1 aliphatic rings. The van der Waals surface area contributed by atoms with Gasteiger partial charge in [-0.1, -0.05) is 30.3 Å². The van der Waals surface area contributed by atoms with Gasteiger partial charge in [-0.05, 0) is 80.6 Å². The fraction of sp³-hybridized carbons (Fsp3) is 0.371. The van der Waals surface area contributed by atoms with Gasteiger partial charge in [0.25, 0.3) is 5.91 Å². The predicted molar refractivity (Wildman–Crippen MR) is 176 cm³/mol. The number of carbonyl (C=O) groups is 4. The summed E-state index contributed by atoms with van der Waals surface area (Å²) in [5, 5.41) is 14.7. The Morgan fingerprint density at radius 2 is 1.64 bits per heavy atom. The van der Waals surface area contributed by atoms with Crippen molar-refractivity contribution in [3.63, 3.8) is 0 Å². The molecule has 1 saturated carbocycles. The molecular formula is C35H43N4O6+. The van der Waals surface area contributed by atoms with Crippen LogP contribution in [0.5, 0.6) is 5.75 Å². The Morgan fingerprint density at radius 1 is 0.978 bits per heavy atom. The molecule has 10 heteroatoms. The summed E-state index contributed by atoms with van der Waals surface area (Å²) < 4.78 is 6.03. The van der Waals surface area contributed by atoms with Gasteiger partial charge in [-0.25, -0.2) is 14.1 Å². The largest absolute Gasteiger partial charge is 0.481 e. The van der Waals surface area contributed by atoms with Crippen LogP contribution in [0.25, 0.3) is 0 Å².